The van der Waals surface area contributed by atoms with E-state index in [9.17, 15) is 0 Å². The summed E-state index contributed by atoms with van der Waals surface area (Å²) in [5.41, 5.74) is 22.1. The van der Waals surface area contributed by atoms with Gasteiger partial charge in [-0.1, -0.05) is 224 Å². The molecule has 0 atom stereocenters. The average molecular weight is 797 g/mol. The molecule has 0 saturated heterocycles. The quantitative estimate of drug-likeness (QED) is 0.157. The van der Waals surface area contributed by atoms with Crippen LogP contribution in [0.5, 0.6) is 0 Å². The summed E-state index contributed by atoms with van der Waals surface area (Å²) in [5, 5.41) is 5.14. The Labute approximate surface area is 368 Å². The standard InChI is InChI=1S/C63H40/c1-3-12-41(13-4-1)44-24-30-50(31-25-44)63(51-32-26-45(27-33-51)42-14-5-2-6-15-42)60-39-48(47-23-22-43-16-7-8-17-46(43)38-47)28-34-55(60)56-35-29-49(40-61(56)63)52-36-37-59-54-19-10-9-18-53(54)58-21-11-20-57(52)62(58)59/h1-40H. The zero-order valence-electron chi connectivity index (χ0n) is 34.6. The third kappa shape index (κ3) is 5.41. The highest BCUT2D eigenvalue weighted by Crippen LogP contribution is 2.58. The summed E-state index contributed by atoms with van der Waals surface area (Å²) < 4.78 is 0. The maximum absolute atomic E-state index is 2.52. The molecule has 0 aromatic heterocycles. The van der Waals surface area contributed by atoms with Crippen LogP contribution in [0.2, 0.25) is 0 Å². The summed E-state index contributed by atoms with van der Waals surface area (Å²) in [4.78, 5) is 0. The van der Waals surface area contributed by atoms with Crippen LogP contribution in [-0.4, -0.2) is 0 Å². The summed E-state index contributed by atoms with van der Waals surface area (Å²) in [7, 11) is 0. The van der Waals surface area contributed by atoms with E-state index >= 15 is 0 Å². The summed E-state index contributed by atoms with van der Waals surface area (Å²) in [5.74, 6) is 0. The molecule has 2 aliphatic carbocycles. The van der Waals surface area contributed by atoms with Gasteiger partial charge >= 0.3 is 0 Å². The maximum Gasteiger partial charge on any atom is 0.0714 e. The SMILES string of the molecule is c1ccc(-c2ccc(C3(c4ccc(-c5ccccc5)cc4)c4cc(-c5ccc6ccccc6c5)ccc4-c4ccc(-c5ccc6c7c(cccc57)-c5ccccc5-6)cc43)cc2)cc1. The van der Waals surface area contributed by atoms with Gasteiger partial charge in [-0.25, -0.2) is 0 Å². The number of hydrogen-bond donors (Lipinski definition) is 0. The van der Waals surface area contributed by atoms with Crippen LogP contribution in [0.1, 0.15) is 22.3 Å². The molecule has 63 heavy (non-hydrogen) atoms. The molecule has 0 amide bonds. The van der Waals surface area contributed by atoms with E-state index in [0.717, 1.165) is 0 Å². The van der Waals surface area contributed by atoms with Gasteiger partial charge in [0, 0.05) is 0 Å². The molecule has 2 aliphatic rings. The van der Waals surface area contributed by atoms with Gasteiger partial charge in [0.25, 0.3) is 0 Å². The number of benzene rings is 11. The Kier molecular flexibility index (Phi) is 7.92. The highest BCUT2D eigenvalue weighted by atomic mass is 14.5. The molecule has 0 saturated carbocycles. The van der Waals surface area contributed by atoms with Crippen LogP contribution in [0.4, 0.5) is 0 Å². The fourth-order valence-corrected chi connectivity index (χ4v) is 11.0. The molecule has 0 unspecified atom stereocenters. The van der Waals surface area contributed by atoms with Crippen LogP contribution in [0.15, 0.2) is 243 Å². The fourth-order valence-electron chi connectivity index (χ4n) is 11.0. The van der Waals surface area contributed by atoms with Crippen molar-refractivity contribution >= 4 is 21.5 Å². The lowest BCUT2D eigenvalue weighted by atomic mass is 9.66. The van der Waals surface area contributed by atoms with Crippen molar-refractivity contribution in [2.45, 2.75) is 5.41 Å². The van der Waals surface area contributed by atoms with Crippen molar-refractivity contribution in [3.05, 3.63) is 265 Å². The maximum atomic E-state index is 2.52. The predicted octanol–water partition coefficient (Wildman–Crippen LogP) is 16.7. The monoisotopic (exact) mass is 796 g/mol. The van der Waals surface area contributed by atoms with Crippen LogP contribution < -0.4 is 0 Å². The van der Waals surface area contributed by atoms with Crippen molar-refractivity contribution in [3.63, 3.8) is 0 Å². The Morgan fingerprint density at radius 2 is 0.651 bits per heavy atom. The number of fused-ring (bicyclic) bond motifs is 7. The first-order chi connectivity index (χ1) is 31.2. The molecular formula is C63H40. The van der Waals surface area contributed by atoms with E-state index < -0.39 is 5.41 Å². The largest absolute Gasteiger partial charge is 0.0714 e. The predicted molar refractivity (Wildman–Crippen MR) is 265 cm³/mol. The zero-order chi connectivity index (χ0) is 41.5. The van der Waals surface area contributed by atoms with Gasteiger partial charge < -0.3 is 0 Å². The summed E-state index contributed by atoms with van der Waals surface area (Å²) in [6, 6.07) is 90.7. The smallest absolute Gasteiger partial charge is 0.0622 e. The number of hydrogen-bond acceptors (Lipinski definition) is 0. The van der Waals surface area contributed by atoms with Gasteiger partial charge in [0.1, 0.15) is 0 Å². The lowest BCUT2D eigenvalue weighted by Gasteiger charge is -2.34. The Morgan fingerprint density at radius 3 is 1.29 bits per heavy atom. The molecule has 0 spiro atoms. The molecule has 0 nitrogen and oxygen atoms in total. The third-order valence-electron chi connectivity index (χ3n) is 13.9. The molecule has 13 rings (SSSR count). The van der Waals surface area contributed by atoms with Gasteiger partial charge in [-0.15, -0.1) is 0 Å². The first-order valence-electron chi connectivity index (χ1n) is 22.0. The van der Waals surface area contributed by atoms with Crippen molar-refractivity contribution in [2.24, 2.45) is 0 Å². The second-order valence-electron chi connectivity index (χ2n) is 17.2. The molecule has 0 aliphatic heterocycles. The van der Waals surface area contributed by atoms with Gasteiger partial charge in [0.15, 0.2) is 0 Å². The van der Waals surface area contributed by atoms with Crippen LogP contribution >= 0.6 is 0 Å². The van der Waals surface area contributed by atoms with Gasteiger partial charge in [0.2, 0.25) is 0 Å². The van der Waals surface area contributed by atoms with Crippen LogP contribution in [0, 0.1) is 0 Å². The fraction of sp³-hybridized carbons (Fsp3) is 0.0159. The second kappa shape index (κ2) is 14.0. The minimum absolute atomic E-state index is 0.622. The van der Waals surface area contributed by atoms with Crippen LogP contribution in [0.25, 0.3) is 99.4 Å². The molecule has 0 heterocycles. The van der Waals surface area contributed by atoms with E-state index in [1.165, 1.54) is 122 Å². The minimum Gasteiger partial charge on any atom is -0.0622 e. The lowest BCUT2D eigenvalue weighted by Crippen LogP contribution is -2.28. The first-order valence-corrected chi connectivity index (χ1v) is 22.0. The molecule has 0 N–H and O–H groups in total. The van der Waals surface area contributed by atoms with E-state index in [1.807, 2.05) is 0 Å². The highest BCUT2D eigenvalue weighted by Gasteiger charge is 2.46. The van der Waals surface area contributed by atoms with Crippen molar-refractivity contribution in [1.82, 2.24) is 0 Å². The normalized spacial score (nSPS) is 12.9. The first kappa shape index (κ1) is 35.7. The minimum atomic E-state index is -0.622. The third-order valence-corrected chi connectivity index (χ3v) is 13.9. The Balaban J connectivity index is 1.08. The summed E-state index contributed by atoms with van der Waals surface area (Å²) >= 11 is 0. The lowest BCUT2D eigenvalue weighted by molar-refractivity contribution is 0.769. The van der Waals surface area contributed by atoms with E-state index in [4.69, 9.17) is 0 Å². The molecule has 0 radical (unpaired) electrons. The van der Waals surface area contributed by atoms with Gasteiger partial charge in [-0.05, 0) is 140 Å². The van der Waals surface area contributed by atoms with Crippen LogP contribution in [-0.2, 0) is 5.41 Å². The second-order valence-corrected chi connectivity index (χ2v) is 17.2. The summed E-state index contributed by atoms with van der Waals surface area (Å²) in [6.07, 6.45) is 0. The molecule has 0 bridgehead atoms. The van der Waals surface area contributed by atoms with Gasteiger partial charge in [-0.2, -0.15) is 0 Å². The summed E-state index contributed by atoms with van der Waals surface area (Å²) in [6.45, 7) is 0. The molecule has 11 aromatic rings. The topological polar surface area (TPSA) is 0 Å². The van der Waals surface area contributed by atoms with E-state index in [1.54, 1.807) is 0 Å². The molecule has 292 valence electrons. The zero-order valence-corrected chi connectivity index (χ0v) is 34.6. The van der Waals surface area contributed by atoms with E-state index in [-0.39, 0.29) is 0 Å². The number of rotatable bonds is 6. The van der Waals surface area contributed by atoms with E-state index in [2.05, 4.69) is 243 Å². The Bertz CT molecular complexity index is 3460. The van der Waals surface area contributed by atoms with Crippen LogP contribution in [0.3, 0.4) is 0 Å². The molecule has 11 aromatic carbocycles. The van der Waals surface area contributed by atoms with Gasteiger partial charge in [0.05, 0.1) is 5.41 Å². The molecular weight excluding hydrogens is 757 g/mol. The van der Waals surface area contributed by atoms with Crippen molar-refractivity contribution < 1.29 is 0 Å². The van der Waals surface area contributed by atoms with Crippen molar-refractivity contribution in [2.75, 3.05) is 0 Å². The Morgan fingerprint density at radius 1 is 0.222 bits per heavy atom. The highest BCUT2D eigenvalue weighted by molar-refractivity contribution is 6.18. The average Bonchev–Trinajstić information content (AvgIpc) is 3.85. The van der Waals surface area contributed by atoms with Gasteiger partial charge in [-0.3, -0.25) is 0 Å². The van der Waals surface area contributed by atoms with Crippen molar-refractivity contribution in [1.29, 1.82) is 0 Å². The van der Waals surface area contributed by atoms with E-state index in [0.29, 0.717) is 0 Å². The molecule has 0 heteroatoms. The molecule has 0 fully saturated rings. The van der Waals surface area contributed by atoms with Crippen molar-refractivity contribution in [3.8, 4) is 77.9 Å². The Hall–Kier alpha value is -8.06.